The first-order chi connectivity index (χ1) is 17.5. The number of rotatable bonds is 8. The lowest BCUT2D eigenvalue weighted by Crippen LogP contribution is -2.39. The lowest BCUT2D eigenvalue weighted by Gasteiger charge is -2.26. The zero-order valence-electron chi connectivity index (χ0n) is 20.5. The quantitative estimate of drug-likeness (QED) is 0.447. The molecule has 36 heavy (non-hydrogen) atoms. The van der Waals surface area contributed by atoms with E-state index in [1.165, 1.54) is 0 Å². The second kappa shape index (κ2) is 11.3. The topological polar surface area (TPSA) is 76.4 Å². The highest BCUT2D eigenvalue weighted by molar-refractivity contribution is 7.89. The van der Waals surface area contributed by atoms with Crippen molar-refractivity contribution in [2.45, 2.75) is 24.3 Å². The van der Waals surface area contributed by atoms with Gasteiger partial charge in [-0.25, -0.2) is 13.4 Å². The predicted molar refractivity (Wildman–Crippen MR) is 141 cm³/mol. The molecule has 2 fully saturated rings. The molecular weight excluding hydrogens is 496 g/mol. The Morgan fingerprint density at radius 3 is 2.31 bits per heavy atom. The van der Waals surface area contributed by atoms with Crippen molar-refractivity contribution < 1.29 is 17.9 Å². The van der Waals surface area contributed by atoms with Crippen LogP contribution in [-0.2, 0) is 21.3 Å². The second-order valence-electron chi connectivity index (χ2n) is 8.95. The molecule has 2 saturated heterocycles. The summed E-state index contributed by atoms with van der Waals surface area (Å²) in [6.07, 6.45) is 1.85. The van der Waals surface area contributed by atoms with Gasteiger partial charge in [0.2, 0.25) is 10.0 Å². The molecule has 2 aliphatic heterocycles. The van der Waals surface area contributed by atoms with Crippen LogP contribution in [0.2, 0.25) is 0 Å². The van der Waals surface area contributed by atoms with E-state index in [1.807, 2.05) is 36.4 Å². The molecular formula is C26H32N4O4S2. The van der Waals surface area contributed by atoms with E-state index in [4.69, 9.17) is 14.5 Å². The van der Waals surface area contributed by atoms with E-state index in [0.717, 1.165) is 79.7 Å². The lowest BCUT2D eigenvalue weighted by atomic mass is 10.2. The van der Waals surface area contributed by atoms with Crippen LogP contribution >= 0.6 is 11.3 Å². The van der Waals surface area contributed by atoms with Crippen LogP contribution in [-0.4, -0.2) is 75.2 Å². The highest BCUT2D eigenvalue weighted by atomic mass is 32.2. The summed E-state index contributed by atoms with van der Waals surface area (Å²) in [5.74, 6) is 0.796. The molecule has 0 bridgehead atoms. The predicted octanol–water partition coefficient (Wildman–Crippen LogP) is 3.57. The van der Waals surface area contributed by atoms with Crippen LogP contribution in [0.1, 0.15) is 12.8 Å². The van der Waals surface area contributed by atoms with Crippen LogP contribution in [0.5, 0.6) is 5.75 Å². The summed E-state index contributed by atoms with van der Waals surface area (Å²) in [5.41, 5.74) is 2.87. The molecule has 3 heterocycles. The van der Waals surface area contributed by atoms with Crippen LogP contribution in [0, 0.1) is 0 Å². The molecule has 0 atom stereocenters. The maximum absolute atomic E-state index is 13.0. The minimum Gasteiger partial charge on any atom is -0.497 e. The van der Waals surface area contributed by atoms with Gasteiger partial charge in [0.15, 0.2) is 4.80 Å². The summed E-state index contributed by atoms with van der Waals surface area (Å²) >= 11 is 1.59. The van der Waals surface area contributed by atoms with Gasteiger partial charge >= 0.3 is 0 Å². The molecule has 5 rings (SSSR count). The monoisotopic (exact) mass is 528 g/mol. The van der Waals surface area contributed by atoms with Crippen molar-refractivity contribution in [3.63, 3.8) is 0 Å². The Morgan fingerprint density at radius 2 is 1.64 bits per heavy atom. The molecule has 1 aromatic heterocycles. The summed E-state index contributed by atoms with van der Waals surface area (Å²) in [6, 6.07) is 15.0. The highest BCUT2D eigenvalue weighted by Gasteiger charge is 2.27. The van der Waals surface area contributed by atoms with Gasteiger partial charge in [0, 0.05) is 44.6 Å². The zero-order chi connectivity index (χ0) is 25.0. The minimum absolute atomic E-state index is 0.353. The summed E-state index contributed by atoms with van der Waals surface area (Å²) in [5, 5.41) is 2.10. The molecule has 0 aliphatic carbocycles. The van der Waals surface area contributed by atoms with Gasteiger partial charge in [-0.1, -0.05) is 12.1 Å². The largest absolute Gasteiger partial charge is 0.497 e. The third-order valence-electron chi connectivity index (χ3n) is 6.69. The van der Waals surface area contributed by atoms with E-state index in [9.17, 15) is 8.42 Å². The van der Waals surface area contributed by atoms with E-state index < -0.39 is 10.0 Å². The van der Waals surface area contributed by atoms with Crippen molar-refractivity contribution >= 4 is 27.0 Å². The molecule has 0 amide bonds. The first-order valence-corrected chi connectivity index (χ1v) is 14.6. The van der Waals surface area contributed by atoms with Gasteiger partial charge in [-0.05, 0) is 54.8 Å². The average Bonchev–Trinajstić information content (AvgIpc) is 3.60. The molecule has 10 heteroatoms. The number of methoxy groups -OCH3 is 1. The minimum atomic E-state index is -3.43. The zero-order valence-corrected chi connectivity index (χ0v) is 22.1. The van der Waals surface area contributed by atoms with Gasteiger partial charge in [0.05, 0.1) is 36.6 Å². The normalized spacial score (nSPS) is 18.1. The van der Waals surface area contributed by atoms with Crippen molar-refractivity contribution in [3.05, 3.63) is 58.7 Å². The van der Waals surface area contributed by atoms with E-state index >= 15 is 0 Å². The number of sulfonamides is 1. The number of hydrogen-bond donors (Lipinski definition) is 0. The van der Waals surface area contributed by atoms with Crippen LogP contribution in [0.25, 0.3) is 11.3 Å². The molecule has 2 aliphatic rings. The number of benzene rings is 2. The molecule has 192 valence electrons. The number of hydrogen-bond acceptors (Lipinski definition) is 7. The standard InChI is InChI=1S/C26H32N4O4S2/c1-33-23-8-6-22(7-9-23)27-26-30(15-14-28-16-18-34-19-17-28)25(20-35-26)21-4-10-24(11-5-21)36(31,32)29-12-2-3-13-29/h4-11,20H,2-3,12-19H2,1H3. The van der Waals surface area contributed by atoms with Crippen molar-refractivity contribution in [2.75, 3.05) is 53.0 Å². The fourth-order valence-electron chi connectivity index (χ4n) is 4.57. The molecule has 8 nitrogen and oxygen atoms in total. The Balaban J connectivity index is 1.46. The third-order valence-corrected chi connectivity index (χ3v) is 9.47. The first-order valence-electron chi connectivity index (χ1n) is 12.3. The van der Waals surface area contributed by atoms with Crippen LogP contribution in [0.15, 0.2) is 63.8 Å². The molecule has 0 N–H and O–H groups in total. The van der Waals surface area contributed by atoms with Crippen molar-refractivity contribution in [2.24, 2.45) is 4.99 Å². The number of thiazole rings is 1. The number of aromatic nitrogens is 1. The number of nitrogens with zero attached hydrogens (tertiary/aromatic N) is 4. The Kier molecular flexibility index (Phi) is 7.87. The Hall–Kier alpha value is -2.50. The fourth-order valence-corrected chi connectivity index (χ4v) is 7.05. The summed E-state index contributed by atoms with van der Waals surface area (Å²) in [7, 11) is -1.78. The van der Waals surface area contributed by atoms with E-state index in [2.05, 4.69) is 14.8 Å². The number of ether oxygens (including phenoxy) is 2. The smallest absolute Gasteiger partial charge is 0.243 e. The summed E-state index contributed by atoms with van der Waals surface area (Å²) in [4.78, 5) is 8.57. The Bertz CT molecular complexity index is 1320. The van der Waals surface area contributed by atoms with Crippen LogP contribution < -0.4 is 9.54 Å². The molecule has 3 aromatic rings. The highest BCUT2D eigenvalue weighted by Crippen LogP contribution is 2.26. The maximum atomic E-state index is 13.0. The third kappa shape index (κ3) is 5.57. The van der Waals surface area contributed by atoms with Crippen molar-refractivity contribution in [1.29, 1.82) is 0 Å². The Labute approximate surface area is 216 Å². The number of morpholine rings is 1. The average molecular weight is 529 g/mol. The lowest BCUT2D eigenvalue weighted by molar-refractivity contribution is 0.0363. The van der Waals surface area contributed by atoms with E-state index in [0.29, 0.717) is 18.0 Å². The van der Waals surface area contributed by atoms with Gasteiger partial charge in [0.1, 0.15) is 5.75 Å². The van der Waals surface area contributed by atoms with Gasteiger partial charge in [-0.3, -0.25) is 4.90 Å². The molecule has 0 radical (unpaired) electrons. The first kappa shape index (κ1) is 25.2. The summed E-state index contributed by atoms with van der Waals surface area (Å²) < 4.78 is 40.5. The molecule has 2 aromatic carbocycles. The van der Waals surface area contributed by atoms with Crippen LogP contribution in [0.4, 0.5) is 5.69 Å². The van der Waals surface area contributed by atoms with Gasteiger partial charge < -0.3 is 14.0 Å². The van der Waals surface area contributed by atoms with Gasteiger partial charge in [-0.15, -0.1) is 11.3 Å². The maximum Gasteiger partial charge on any atom is 0.243 e. The molecule has 0 spiro atoms. The fraction of sp³-hybridized carbons (Fsp3) is 0.423. The van der Waals surface area contributed by atoms with Gasteiger partial charge in [-0.2, -0.15) is 4.31 Å². The van der Waals surface area contributed by atoms with Crippen LogP contribution in [0.3, 0.4) is 0 Å². The van der Waals surface area contributed by atoms with E-state index in [1.54, 1.807) is 34.9 Å². The Morgan fingerprint density at radius 1 is 0.944 bits per heavy atom. The van der Waals surface area contributed by atoms with E-state index in [-0.39, 0.29) is 0 Å². The van der Waals surface area contributed by atoms with Gasteiger partial charge in [0.25, 0.3) is 0 Å². The molecule has 0 unspecified atom stereocenters. The van der Waals surface area contributed by atoms with Crippen molar-refractivity contribution in [3.8, 4) is 17.0 Å². The van der Waals surface area contributed by atoms with Crippen molar-refractivity contribution in [1.82, 2.24) is 13.8 Å². The SMILES string of the molecule is COc1ccc(N=c2scc(-c3ccc(S(=O)(=O)N4CCCC4)cc3)n2CCN2CCOCC2)cc1. The summed E-state index contributed by atoms with van der Waals surface area (Å²) in [6.45, 7) is 6.25. The molecule has 0 saturated carbocycles. The second-order valence-corrected chi connectivity index (χ2v) is 11.7.